The van der Waals surface area contributed by atoms with E-state index in [1.807, 2.05) is 24.3 Å². The van der Waals surface area contributed by atoms with Gasteiger partial charge in [-0.25, -0.2) is 0 Å². The molecule has 2 fully saturated rings. The molecule has 3 aliphatic carbocycles. The van der Waals surface area contributed by atoms with E-state index in [0.29, 0.717) is 36.5 Å². The highest BCUT2D eigenvalue weighted by Gasteiger charge is 2.55. The summed E-state index contributed by atoms with van der Waals surface area (Å²) in [5.41, 5.74) is 2.70. The Labute approximate surface area is 200 Å². The van der Waals surface area contributed by atoms with E-state index in [9.17, 15) is 14.7 Å². The summed E-state index contributed by atoms with van der Waals surface area (Å²) in [6, 6.07) is 9.67. The van der Waals surface area contributed by atoms with Crippen molar-refractivity contribution in [2.75, 3.05) is 14.2 Å². The highest BCUT2D eigenvalue weighted by Crippen LogP contribution is 2.53. The van der Waals surface area contributed by atoms with Gasteiger partial charge in [-0.2, -0.15) is 0 Å². The molecule has 180 valence electrons. The van der Waals surface area contributed by atoms with Gasteiger partial charge in [0.1, 0.15) is 11.5 Å². The van der Waals surface area contributed by atoms with Crippen LogP contribution in [-0.4, -0.2) is 37.2 Å². The van der Waals surface area contributed by atoms with E-state index < -0.39 is 17.5 Å². The molecule has 6 heteroatoms. The number of ether oxygens (including phenoxy) is 3. The van der Waals surface area contributed by atoms with E-state index >= 15 is 0 Å². The largest absolute Gasteiger partial charge is 0.493 e. The lowest BCUT2D eigenvalue weighted by Gasteiger charge is -2.46. The van der Waals surface area contributed by atoms with E-state index in [2.05, 4.69) is 6.07 Å². The third kappa shape index (κ3) is 3.64. The van der Waals surface area contributed by atoms with Crippen LogP contribution in [0, 0.1) is 11.3 Å². The van der Waals surface area contributed by atoms with Crippen LogP contribution in [0.25, 0.3) is 11.1 Å². The minimum Gasteiger partial charge on any atom is -0.493 e. The number of benzene rings is 2. The number of methoxy groups -OCH3 is 2. The van der Waals surface area contributed by atoms with Crippen molar-refractivity contribution in [3.05, 3.63) is 41.5 Å². The first-order valence-electron chi connectivity index (χ1n) is 12.3. The maximum atomic E-state index is 12.5. The molecule has 0 bridgehead atoms. The Morgan fingerprint density at radius 3 is 2.32 bits per heavy atom. The van der Waals surface area contributed by atoms with Crippen molar-refractivity contribution in [2.24, 2.45) is 11.3 Å². The number of hydrogen-bond acceptors (Lipinski definition) is 5. The van der Waals surface area contributed by atoms with Gasteiger partial charge in [0, 0.05) is 17.5 Å². The molecule has 1 N–H and O–H groups in total. The van der Waals surface area contributed by atoms with Crippen LogP contribution in [0.15, 0.2) is 30.3 Å². The van der Waals surface area contributed by atoms with Crippen molar-refractivity contribution in [3.63, 3.8) is 0 Å². The lowest BCUT2D eigenvalue weighted by atomic mass is 9.62. The average molecular weight is 465 g/mol. The number of aliphatic carboxylic acids is 1. The van der Waals surface area contributed by atoms with E-state index in [1.54, 1.807) is 14.2 Å². The van der Waals surface area contributed by atoms with Crippen molar-refractivity contribution in [3.8, 4) is 28.4 Å². The third-order valence-corrected chi connectivity index (χ3v) is 8.13. The number of Topliss-reactive ketones (excluding diaryl/α,β-unsaturated/α-hetero) is 1. The topological polar surface area (TPSA) is 82.1 Å². The first kappa shape index (κ1) is 22.8. The fraction of sp³-hybridized carbons (Fsp3) is 0.500. The van der Waals surface area contributed by atoms with Crippen LogP contribution in [0.2, 0.25) is 0 Å². The third-order valence-electron chi connectivity index (χ3n) is 8.13. The minimum atomic E-state index is -0.870. The fourth-order valence-corrected chi connectivity index (χ4v) is 6.09. The summed E-state index contributed by atoms with van der Waals surface area (Å²) in [4.78, 5) is 24.7. The Bertz CT molecular complexity index is 1110. The Hall–Kier alpha value is -3.02. The highest BCUT2D eigenvalue weighted by molar-refractivity contribution is 6.01. The molecule has 3 aliphatic rings. The molecular weight excluding hydrogens is 432 g/mol. The molecule has 34 heavy (non-hydrogen) atoms. The Kier molecular flexibility index (Phi) is 6.00. The van der Waals surface area contributed by atoms with Gasteiger partial charge in [-0.3, -0.25) is 9.59 Å². The van der Waals surface area contributed by atoms with Crippen LogP contribution in [-0.2, 0) is 11.2 Å². The van der Waals surface area contributed by atoms with Crippen LogP contribution in [0.5, 0.6) is 17.2 Å². The number of carboxylic acid groups (broad SMARTS) is 1. The van der Waals surface area contributed by atoms with Gasteiger partial charge in [0.2, 0.25) is 5.75 Å². The summed E-state index contributed by atoms with van der Waals surface area (Å²) in [5.74, 6) is 1.14. The van der Waals surface area contributed by atoms with Crippen LogP contribution in [0.1, 0.15) is 67.3 Å². The van der Waals surface area contributed by atoms with Gasteiger partial charge in [-0.05, 0) is 61.3 Å². The van der Waals surface area contributed by atoms with Crippen molar-refractivity contribution in [1.29, 1.82) is 0 Å². The van der Waals surface area contributed by atoms with Gasteiger partial charge in [0.25, 0.3) is 0 Å². The van der Waals surface area contributed by atoms with Gasteiger partial charge in [0.15, 0.2) is 17.3 Å². The van der Waals surface area contributed by atoms with Crippen LogP contribution < -0.4 is 14.2 Å². The quantitative estimate of drug-likeness (QED) is 0.540. The Morgan fingerprint density at radius 2 is 1.71 bits per heavy atom. The predicted molar refractivity (Wildman–Crippen MR) is 128 cm³/mol. The predicted octanol–water partition coefficient (Wildman–Crippen LogP) is 5.69. The fourth-order valence-electron chi connectivity index (χ4n) is 6.09. The lowest BCUT2D eigenvalue weighted by molar-refractivity contribution is -0.167. The molecule has 5 rings (SSSR count). The number of carboxylic acids is 1. The van der Waals surface area contributed by atoms with Crippen molar-refractivity contribution in [1.82, 2.24) is 0 Å². The van der Waals surface area contributed by atoms with E-state index in [4.69, 9.17) is 14.2 Å². The van der Waals surface area contributed by atoms with Crippen molar-refractivity contribution >= 4 is 11.8 Å². The Morgan fingerprint density at radius 1 is 0.971 bits per heavy atom. The molecule has 1 unspecified atom stereocenters. The monoisotopic (exact) mass is 464 g/mol. The van der Waals surface area contributed by atoms with Gasteiger partial charge in [-0.1, -0.05) is 37.5 Å². The summed E-state index contributed by atoms with van der Waals surface area (Å²) in [7, 11) is 3.16. The average Bonchev–Trinajstić information content (AvgIpc) is 3.47. The smallest absolute Gasteiger partial charge is 0.313 e. The van der Waals surface area contributed by atoms with Crippen molar-refractivity contribution in [2.45, 2.75) is 63.9 Å². The summed E-state index contributed by atoms with van der Waals surface area (Å²) >= 11 is 0. The molecule has 2 aromatic rings. The molecule has 0 heterocycles. The van der Waals surface area contributed by atoms with Crippen molar-refractivity contribution < 1.29 is 28.9 Å². The minimum absolute atomic E-state index is 0.181. The summed E-state index contributed by atoms with van der Waals surface area (Å²) in [6.07, 6.45) is 7.15. The van der Waals surface area contributed by atoms with E-state index in [0.717, 1.165) is 60.8 Å². The number of ketones is 1. The second-order valence-electron chi connectivity index (χ2n) is 9.87. The zero-order valence-corrected chi connectivity index (χ0v) is 19.9. The summed E-state index contributed by atoms with van der Waals surface area (Å²) in [6.45, 7) is 0. The highest BCUT2D eigenvalue weighted by atomic mass is 16.5. The van der Waals surface area contributed by atoms with E-state index in [1.165, 1.54) is 0 Å². The first-order chi connectivity index (χ1) is 16.5. The maximum absolute atomic E-state index is 12.5. The zero-order valence-electron chi connectivity index (χ0n) is 19.9. The van der Waals surface area contributed by atoms with Crippen LogP contribution >= 0.6 is 0 Å². The molecule has 0 aromatic heterocycles. The Balaban J connectivity index is 1.63. The lowest BCUT2D eigenvalue weighted by Crippen LogP contribution is -2.53. The molecule has 0 radical (unpaired) electrons. The molecule has 0 amide bonds. The van der Waals surface area contributed by atoms with Gasteiger partial charge in [0.05, 0.1) is 14.2 Å². The molecule has 2 aromatic carbocycles. The molecular formula is C28H32O6. The molecule has 2 saturated carbocycles. The zero-order chi connectivity index (χ0) is 23.9. The summed E-state index contributed by atoms with van der Waals surface area (Å²) in [5, 5.41) is 10.3. The molecule has 0 saturated heterocycles. The number of hydrogen-bond donors (Lipinski definition) is 1. The second-order valence-corrected chi connectivity index (χ2v) is 9.87. The number of rotatable bonds is 8. The SMILES string of the molecule is COc1ccc(-c2ccc3c(c2)CCC3=O)c(OC(C2CCCC2)C2(C(=O)O)CCC2)c1OC. The number of carbonyl (C=O) groups is 2. The molecule has 0 spiro atoms. The number of carbonyl (C=O) groups excluding carboxylic acids is 1. The van der Waals surface area contributed by atoms with Gasteiger partial charge >= 0.3 is 5.97 Å². The number of fused-ring (bicyclic) bond motifs is 1. The standard InChI is InChI=1S/C28H32O6/c1-32-23-13-11-21(19-8-10-20-18(16-19)9-12-22(20)29)24(25(23)33-2)34-26(17-6-3-4-7-17)28(27(30)31)14-5-15-28/h8,10-11,13,16-17,26H,3-7,9,12,14-15H2,1-2H3,(H,30,31). The second kappa shape index (κ2) is 8.97. The van der Waals surface area contributed by atoms with E-state index in [-0.39, 0.29) is 11.7 Å². The first-order valence-corrected chi connectivity index (χ1v) is 12.3. The number of aryl methyl sites for hydroxylation is 1. The van der Waals surface area contributed by atoms with Gasteiger partial charge < -0.3 is 19.3 Å². The summed E-state index contributed by atoms with van der Waals surface area (Å²) < 4.78 is 18.2. The van der Waals surface area contributed by atoms with Gasteiger partial charge in [-0.15, -0.1) is 0 Å². The molecule has 6 nitrogen and oxygen atoms in total. The molecule has 1 atom stereocenters. The van der Waals surface area contributed by atoms with Crippen LogP contribution in [0.3, 0.4) is 0 Å². The molecule has 0 aliphatic heterocycles. The van der Waals surface area contributed by atoms with Crippen LogP contribution in [0.4, 0.5) is 0 Å². The normalized spacial score (nSPS) is 19.9. The maximum Gasteiger partial charge on any atom is 0.313 e.